The lowest BCUT2D eigenvalue weighted by molar-refractivity contribution is -0.139. The van der Waals surface area contributed by atoms with Crippen molar-refractivity contribution in [3.63, 3.8) is 0 Å². The van der Waals surface area contributed by atoms with E-state index in [0.717, 1.165) is 27.4 Å². The molecule has 3 aromatic rings. The second-order valence-electron chi connectivity index (χ2n) is 10.00. The van der Waals surface area contributed by atoms with Crippen LogP contribution in [0.4, 0.5) is 5.69 Å². The number of aryl methyl sites for hydroxylation is 2. The van der Waals surface area contributed by atoms with Gasteiger partial charge in [-0.1, -0.05) is 66.6 Å². The third kappa shape index (κ3) is 7.41. The number of nitrogens with one attached hydrogen (secondary N) is 1. The largest absolute Gasteiger partial charge is 0.495 e. The van der Waals surface area contributed by atoms with E-state index in [9.17, 15) is 18.0 Å². The van der Waals surface area contributed by atoms with E-state index in [1.54, 1.807) is 43.3 Å². The molecule has 0 aliphatic heterocycles. The predicted molar refractivity (Wildman–Crippen MR) is 158 cm³/mol. The number of amides is 2. The monoisotopic (exact) mass is 565 g/mol. The van der Waals surface area contributed by atoms with Gasteiger partial charge in [0, 0.05) is 12.6 Å². The SMILES string of the molecule is CC[C@@H](C)NC(=O)[C@@H](C)N(Cc1ccc(C)cc1)C(=O)CN(c1ccccc1OC)S(=O)(=O)c1ccc(C)cc1. The van der Waals surface area contributed by atoms with E-state index in [1.165, 1.54) is 24.1 Å². The Morgan fingerprint density at radius 2 is 1.48 bits per heavy atom. The van der Waals surface area contributed by atoms with Crippen molar-refractivity contribution in [2.24, 2.45) is 0 Å². The molecule has 0 bridgehead atoms. The molecule has 214 valence electrons. The Labute approximate surface area is 238 Å². The highest BCUT2D eigenvalue weighted by molar-refractivity contribution is 7.92. The second-order valence-corrected chi connectivity index (χ2v) is 11.9. The first kappa shape index (κ1) is 30.7. The van der Waals surface area contributed by atoms with Gasteiger partial charge in [0.1, 0.15) is 18.3 Å². The van der Waals surface area contributed by atoms with Gasteiger partial charge in [0.2, 0.25) is 11.8 Å². The molecule has 40 heavy (non-hydrogen) atoms. The molecule has 0 unspecified atom stereocenters. The zero-order valence-corrected chi connectivity index (χ0v) is 24.9. The van der Waals surface area contributed by atoms with Crippen LogP contribution in [0.5, 0.6) is 5.75 Å². The van der Waals surface area contributed by atoms with Crippen LogP contribution in [0, 0.1) is 13.8 Å². The first-order chi connectivity index (χ1) is 19.0. The van der Waals surface area contributed by atoms with Gasteiger partial charge in [0.05, 0.1) is 17.7 Å². The van der Waals surface area contributed by atoms with Crippen molar-refractivity contribution in [3.05, 3.63) is 89.5 Å². The fraction of sp³-hybridized carbons (Fsp3) is 0.355. The molecular formula is C31H39N3O5S. The summed E-state index contributed by atoms with van der Waals surface area (Å²) in [5.41, 5.74) is 3.03. The fourth-order valence-corrected chi connectivity index (χ4v) is 5.55. The number of carbonyl (C=O) groups is 2. The minimum Gasteiger partial charge on any atom is -0.495 e. The quantitative estimate of drug-likeness (QED) is 0.339. The number of anilines is 1. The Balaban J connectivity index is 2.06. The number of para-hydroxylation sites is 2. The Morgan fingerprint density at radius 3 is 2.05 bits per heavy atom. The van der Waals surface area contributed by atoms with E-state index in [2.05, 4.69) is 5.32 Å². The maximum absolute atomic E-state index is 14.0. The molecule has 0 saturated carbocycles. The van der Waals surface area contributed by atoms with Crippen molar-refractivity contribution in [1.29, 1.82) is 0 Å². The molecule has 3 aromatic carbocycles. The normalized spacial score (nSPS) is 12.8. The molecule has 9 heteroatoms. The van der Waals surface area contributed by atoms with Crippen molar-refractivity contribution in [2.75, 3.05) is 18.0 Å². The highest BCUT2D eigenvalue weighted by atomic mass is 32.2. The van der Waals surface area contributed by atoms with Crippen LogP contribution in [-0.4, -0.2) is 50.9 Å². The van der Waals surface area contributed by atoms with Crippen molar-refractivity contribution >= 4 is 27.5 Å². The summed E-state index contributed by atoms with van der Waals surface area (Å²) in [6.45, 7) is 8.97. The summed E-state index contributed by atoms with van der Waals surface area (Å²) in [6, 6.07) is 19.9. The number of carbonyl (C=O) groups excluding carboxylic acids is 2. The van der Waals surface area contributed by atoms with Crippen molar-refractivity contribution < 1.29 is 22.7 Å². The molecule has 2 amide bonds. The average molecular weight is 566 g/mol. The van der Waals surface area contributed by atoms with Gasteiger partial charge in [-0.2, -0.15) is 0 Å². The van der Waals surface area contributed by atoms with Gasteiger partial charge < -0.3 is 15.0 Å². The molecule has 0 aliphatic carbocycles. The highest BCUT2D eigenvalue weighted by Crippen LogP contribution is 2.32. The van der Waals surface area contributed by atoms with E-state index in [1.807, 2.05) is 52.0 Å². The van der Waals surface area contributed by atoms with Crippen molar-refractivity contribution in [3.8, 4) is 5.75 Å². The number of sulfonamides is 1. The van der Waals surface area contributed by atoms with Crippen LogP contribution >= 0.6 is 0 Å². The predicted octanol–water partition coefficient (Wildman–Crippen LogP) is 4.84. The van der Waals surface area contributed by atoms with E-state index in [0.29, 0.717) is 5.75 Å². The number of nitrogens with zero attached hydrogens (tertiary/aromatic N) is 2. The van der Waals surface area contributed by atoms with Gasteiger partial charge in [0.15, 0.2) is 0 Å². The van der Waals surface area contributed by atoms with Crippen molar-refractivity contribution in [1.82, 2.24) is 10.2 Å². The topological polar surface area (TPSA) is 96.0 Å². The average Bonchev–Trinajstić information content (AvgIpc) is 2.95. The van der Waals surface area contributed by atoms with E-state index in [-0.39, 0.29) is 29.1 Å². The number of rotatable bonds is 12. The number of hydrogen-bond donors (Lipinski definition) is 1. The summed E-state index contributed by atoms with van der Waals surface area (Å²) >= 11 is 0. The summed E-state index contributed by atoms with van der Waals surface area (Å²) in [5, 5.41) is 2.94. The van der Waals surface area contributed by atoms with Crippen LogP contribution < -0.4 is 14.4 Å². The minimum absolute atomic E-state index is 0.0458. The Hall–Kier alpha value is -3.85. The fourth-order valence-electron chi connectivity index (χ4n) is 4.12. The minimum atomic E-state index is -4.17. The van der Waals surface area contributed by atoms with E-state index >= 15 is 0 Å². The molecule has 0 saturated heterocycles. The summed E-state index contributed by atoms with van der Waals surface area (Å²) < 4.78 is 34.5. The van der Waals surface area contributed by atoms with Gasteiger partial charge >= 0.3 is 0 Å². The molecule has 0 aromatic heterocycles. The van der Waals surface area contributed by atoms with Crippen LogP contribution in [-0.2, 0) is 26.2 Å². The van der Waals surface area contributed by atoms with Gasteiger partial charge in [0.25, 0.3) is 10.0 Å². The number of ether oxygens (including phenoxy) is 1. The second kappa shape index (κ2) is 13.5. The maximum atomic E-state index is 14.0. The summed E-state index contributed by atoms with van der Waals surface area (Å²) in [4.78, 5) is 28.7. The van der Waals surface area contributed by atoms with Crippen LogP contribution in [0.3, 0.4) is 0 Å². The molecule has 0 aliphatic rings. The number of hydrogen-bond acceptors (Lipinski definition) is 5. The zero-order chi connectivity index (χ0) is 29.4. The third-order valence-electron chi connectivity index (χ3n) is 6.88. The number of benzene rings is 3. The molecule has 2 atom stereocenters. The Morgan fingerprint density at radius 1 is 0.900 bits per heavy atom. The number of methoxy groups -OCH3 is 1. The molecule has 0 fully saturated rings. The molecule has 0 radical (unpaired) electrons. The van der Waals surface area contributed by atoms with Gasteiger partial charge in [-0.25, -0.2) is 8.42 Å². The highest BCUT2D eigenvalue weighted by Gasteiger charge is 2.34. The smallest absolute Gasteiger partial charge is 0.264 e. The lowest BCUT2D eigenvalue weighted by atomic mass is 10.1. The van der Waals surface area contributed by atoms with Crippen molar-refractivity contribution in [2.45, 2.75) is 64.6 Å². The van der Waals surface area contributed by atoms with Gasteiger partial charge in [-0.15, -0.1) is 0 Å². The maximum Gasteiger partial charge on any atom is 0.264 e. The Bertz CT molecular complexity index is 1410. The van der Waals surface area contributed by atoms with Crippen LogP contribution in [0.2, 0.25) is 0 Å². The van der Waals surface area contributed by atoms with Crippen LogP contribution in [0.25, 0.3) is 0 Å². The van der Waals surface area contributed by atoms with E-state index < -0.39 is 28.5 Å². The van der Waals surface area contributed by atoms with Crippen LogP contribution in [0.1, 0.15) is 43.9 Å². The summed E-state index contributed by atoms with van der Waals surface area (Å²) in [6.07, 6.45) is 0.737. The standard InChI is InChI=1S/C31H39N3O5S/c1-7-24(4)32-31(36)25(5)33(20-26-16-12-22(2)13-17-26)30(35)21-34(28-10-8-9-11-29(28)39-6)40(37,38)27-18-14-23(3)15-19-27/h8-19,24-25H,7,20-21H2,1-6H3,(H,32,36)/t24-,25-/m1/s1. The molecule has 1 N–H and O–H groups in total. The van der Waals surface area contributed by atoms with Gasteiger partial charge in [-0.3, -0.25) is 13.9 Å². The lowest BCUT2D eigenvalue weighted by Crippen LogP contribution is -2.52. The molecule has 8 nitrogen and oxygen atoms in total. The third-order valence-corrected chi connectivity index (χ3v) is 8.66. The summed E-state index contributed by atoms with van der Waals surface area (Å²) in [5.74, 6) is -0.521. The molecule has 0 spiro atoms. The summed E-state index contributed by atoms with van der Waals surface area (Å²) in [7, 11) is -2.73. The first-order valence-electron chi connectivity index (χ1n) is 13.4. The molecule has 3 rings (SSSR count). The van der Waals surface area contributed by atoms with E-state index in [4.69, 9.17) is 4.74 Å². The van der Waals surface area contributed by atoms with Crippen LogP contribution in [0.15, 0.2) is 77.7 Å². The molecule has 0 heterocycles. The first-order valence-corrected chi connectivity index (χ1v) is 14.8. The lowest BCUT2D eigenvalue weighted by Gasteiger charge is -2.32. The Kier molecular flexibility index (Phi) is 10.3. The molecular weight excluding hydrogens is 526 g/mol. The van der Waals surface area contributed by atoms with Gasteiger partial charge in [-0.05, 0) is 63.9 Å². The zero-order valence-electron chi connectivity index (χ0n) is 24.0.